The lowest BCUT2D eigenvalue weighted by molar-refractivity contribution is -0.158. The van der Waals surface area contributed by atoms with Crippen molar-refractivity contribution in [3.63, 3.8) is 0 Å². The third-order valence-corrected chi connectivity index (χ3v) is 7.23. The molecule has 4 aromatic rings. The summed E-state index contributed by atoms with van der Waals surface area (Å²) in [6.45, 7) is 0.195. The summed E-state index contributed by atoms with van der Waals surface area (Å²) in [5.74, 6) is -1.95. The molecule has 6 rings (SSSR count). The molecule has 0 aromatic heterocycles. The topological polar surface area (TPSA) is 82.1 Å². The van der Waals surface area contributed by atoms with Gasteiger partial charge in [0.1, 0.15) is 5.75 Å². The predicted octanol–water partition coefficient (Wildman–Crippen LogP) is 5.89. The molecule has 1 heterocycles. The van der Waals surface area contributed by atoms with Crippen LogP contribution in [0.5, 0.6) is 17.2 Å². The van der Waals surface area contributed by atoms with E-state index in [1.165, 1.54) is 0 Å². The van der Waals surface area contributed by atoms with Crippen LogP contribution in [0.25, 0.3) is 11.1 Å². The Morgan fingerprint density at radius 2 is 1.30 bits per heavy atom. The van der Waals surface area contributed by atoms with E-state index in [1.54, 1.807) is 12.1 Å². The standard InChI is InChI=1S/C31H24O6/c32-30(33)28-26(19-8-3-1-4-9-19)29(27(28)20-10-5-2-6-11-20)31(34)37-23-13-7-12-21(16-23)22-14-15-24-25(17-22)36-18-35-24/h1-17,26-29H,18H2,(H,32,33)/t26-,27-,28?,29?/m1/s1. The summed E-state index contributed by atoms with van der Waals surface area (Å²) in [5, 5.41) is 10.1. The van der Waals surface area contributed by atoms with Gasteiger partial charge in [-0.25, -0.2) is 0 Å². The largest absolute Gasteiger partial charge is 0.481 e. The second-order valence-electron chi connectivity index (χ2n) is 9.28. The van der Waals surface area contributed by atoms with Crippen LogP contribution < -0.4 is 14.2 Å². The lowest BCUT2D eigenvalue weighted by atomic mass is 9.52. The second kappa shape index (κ2) is 9.47. The maximum Gasteiger partial charge on any atom is 0.315 e. The van der Waals surface area contributed by atoms with Gasteiger partial charge >= 0.3 is 11.9 Å². The number of hydrogen-bond donors (Lipinski definition) is 1. The van der Waals surface area contributed by atoms with E-state index in [0.717, 1.165) is 22.3 Å². The second-order valence-corrected chi connectivity index (χ2v) is 9.28. The molecule has 0 radical (unpaired) electrons. The smallest absolute Gasteiger partial charge is 0.315 e. The van der Waals surface area contributed by atoms with Crippen LogP contribution in [0.2, 0.25) is 0 Å². The highest BCUT2D eigenvalue weighted by Gasteiger charge is 2.59. The number of ether oxygens (including phenoxy) is 3. The number of carboxylic acids is 1. The van der Waals surface area contributed by atoms with E-state index in [0.29, 0.717) is 17.2 Å². The third kappa shape index (κ3) is 4.20. The molecule has 2 atom stereocenters. The van der Waals surface area contributed by atoms with Crippen LogP contribution in [0.15, 0.2) is 103 Å². The Balaban J connectivity index is 1.32. The fourth-order valence-electron chi connectivity index (χ4n) is 5.53. The molecule has 2 aliphatic rings. The summed E-state index contributed by atoms with van der Waals surface area (Å²) < 4.78 is 16.8. The molecule has 0 bridgehead atoms. The van der Waals surface area contributed by atoms with E-state index >= 15 is 0 Å². The fourth-order valence-corrected chi connectivity index (χ4v) is 5.53. The van der Waals surface area contributed by atoms with Gasteiger partial charge in [-0.3, -0.25) is 9.59 Å². The molecule has 6 nitrogen and oxygen atoms in total. The number of fused-ring (bicyclic) bond motifs is 1. The van der Waals surface area contributed by atoms with Gasteiger partial charge in [-0.1, -0.05) is 78.9 Å². The lowest BCUT2D eigenvalue weighted by Crippen LogP contribution is -2.52. The summed E-state index contributed by atoms with van der Waals surface area (Å²) in [6.07, 6.45) is 0. The number of aliphatic carboxylic acids is 1. The maximum absolute atomic E-state index is 13.7. The number of benzene rings is 4. The molecule has 184 valence electrons. The van der Waals surface area contributed by atoms with Crippen LogP contribution in [-0.4, -0.2) is 23.8 Å². The van der Waals surface area contributed by atoms with Crippen LogP contribution in [0.3, 0.4) is 0 Å². The minimum atomic E-state index is -0.920. The average Bonchev–Trinajstić information content (AvgIpc) is 3.37. The van der Waals surface area contributed by atoms with Crippen molar-refractivity contribution in [2.24, 2.45) is 11.8 Å². The van der Waals surface area contributed by atoms with Crippen molar-refractivity contribution in [2.45, 2.75) is 11.8 Å². The first-order valence-electron chi connectivity index (χ1n) is 12.1. The fraction of sp³-hybridized carbons (Fsp3) is 0.161. The normalized spacial score (nSPS) is 21.6. The van der Waals surface area contributed by atoms with Crippen molar-refractivity contribution >= 4 is 11.9 Å². The Morgan fingerprint density at radius 1 is 0.676 bits per heavy atom. The van der Waals surface area contributed by atoms with Crippen LogP contribution in [0, 0.1) is 11.8 Å². The van der Waals surface area contributed by atoms with Gasteiger partial charge in [-0.05, 0) is 46.5 Å². The Kier molecular flexibility index (Phi) is 5.85. The van der Waals surface area contributed by atoms with Crippen molar-refractivity contribution in [3.05, 3.63) is 114 Å². The zero-order chi connectivity index (χ0) is 25.4. The number of esters is 1. The van der Waals surface area contributed by atoms with Gasteiger partial charge < -0.3 is 19.3 Å². The van der Waals surface area contributed by atoms with Gasteiger partial charge in [0.05, 0.1) is 11.8 Å². The van der Waals surface area contributed by atoms with E-state index in [1.807, 2.05) is 91.0 Å². The van der Waals surface area contributed by atoms with Crippen molar-refractivity contribution in [1.82, 2.24) is 0 Å². The van der Waals surface area contributed by atoms with E-state index < -0.39 is 35.6 Å². The highest BCUT2D eigenvalue weighted by atomic mass is 16.7. The zero-order valence-corrected chi connectivity index (χ0v) is 19.8. The Labute approximate surface area is 214 Å². The number of rotatable bonds is 6. The van der Waals surface area contributed by atoms with Gasteiger partial charge in [0, 0.05) is 11.8 Å². The molecule has 37 heavy (non-hydrogen) atoms. The third-order valence-electron chi connectivity index (χ3n) is 7.23. The predicted molar refractivity (Wildman–Crippen MR) is 137 cm³/mol. The number of hydrogen-bond acceptors (Lipinski definition) is 5. The van der Waals surface area contributed by atoms with Gasteiger partial charge in [0.15, 0.2) is 11.5 Å². The minimum Gasteiger partial charge on any atom is -0.481 e. The molecule has 0 unspecified atom stereocenters. The van der Waals surface area contributed by atoms with Crippen molar-refractivity contribution < 1.29 is 28.9 Å². The number of carbonyl (C=O) groups excluding carboxylic acids is 1. The molecule has 1 fully saturated rings. The number of carbonyl (C=O) groups is 2. The van der Waals surface area contributed by atoms with Crippen LogP contribution in [0.1, 0.15) is 23.0 Å². The number of carboxylic acid groups (broad SMARTS) is 1. The molecule has 1 N–H and O–H groups in total. The first-order valence-corrected chi connectivity index (χ1v) is 12.1. The van der Waals surface area contributed by atoms with Crippen molar-refractivity contribution in [2.75, 3.05) is 6.79 Å². The quantitative estimate of drug-likeness (QED) is 0.267. The Bertz CT molecular complexity index is 1400. The molecular weight excluding hydrogens is 468 g/mol. The minimum absolute atomic E-state index is 0.195. The molecule has 0 amide bonds. The maximum atomic E-state index is 13.7. The first-order chi connectivity index (χ1) is 18.1. The van der Waals surface area contributed by atoms with E-state index in [4.69, 9.17) is 14.2 Å². The van der Waals surface area contributed by atoms with Crippen molar-refractivity contribution in [1.29, 1.82) is 0 Å². The highest BCUT2D eigenvalue weighted by molar-refractivity contribution is 5.86. The summed E-state index contributed by atoms with van der Waals surface area (Å²) in [4.78, 5) is 26.1. The van der Waals surface area contributed by atoms with Crippen LogP contribution >= 0.6 is 0 Å². The summed E-state index contributed by atoms with van der Waals surface area (Å²) >= 11 is 0. The Morgan fingerprint density at radius 3 is 1.95 bits per heavy atom. The van der Waals surface area contributed by atoms with Gasteiger partial charge in [0.25, 0.3) is 0 Å². The van der Waals surface area contributed by atoms with E-state index in [9.17, 15) is 14.7 Å². The molecule has 4 aromatic carbocycles. The molecule has 6 heteroatoms. The molecule has 0 saturated heterocycles. The highest BCUT2D eigenvalue weighted by Crippen LogP contribution is 2.58. The summed E-state index contributed by atoms with van der Waals surface area (Å²) in [7, 11) is 0. The van der Waals surface area contributed by atoms with Crippen LogP contribution in [-0.2, 0) is 9.59 Å². The summed E-state index contributed by atoms with van der Waals surface area (Å²) in [6, 6.07) is 31.7. The molecule has 1 aliphatic carbocycles. The van der Waals surface area contributed by atoms with Crippen molar-refractivity contribution in [3.8, 4) is 28.4 Å². The average molecular weight is 493 g/mol. The summed E-state index contributed by atoms with van der Waals surface area (Å²) in [5.41, 5.74) is 3.40. The lowest BCUT2D eigenvalue weighted by Gasteiger charge is -2.48. The Hall–Kier alpha value is -4.58. The molecular formula is C31H24O6. The molecule has 1 aliphatic heterocycles. The van der Waals surface area contributed by atoms with E-state index in [-0.39, 0.29) is 6.79 Å². The van der Waals surface area contributed by atoms with Crippen LogP contribution in [0.4, 0.5) is 0 Å². The SMILES string of the molecule is O=C(O)C1[C@@H](c2ccccc2)C(C(=O)Oc2cccc(-c3ccc4c(c3)OCO4)c2)[C@@H]1c1ccccc1. The molecule has 0 spiro atoms. The zero-order valence-electron chi connectivity index (χ0n) is 19.8. The van der Waals surface area contributed by atoms with Gasteiger partial charge in [-0.2, -0.15) is 0 Å². The van der Waals surface area contributed by atoms with Gasteiger partial charge in [0.2, 0.25) is 6.79 Å². The monoisotopic (exact) mass is 492 g/mol. The van der Waals surface area contributed by atoms with Gasteiger partial charge in [-0.15, -0.1) is 0 Å². The van der Waals surface area contributed by atoms with E-state index in [2.05, 4.69) is 0 Å². The molecule has 1 saturated carbocycles. The first kappa shape index (κ1) is 22.9.